The van der Waals surface area contributed by atoms with Crippen molar-refractivity contribution in [2.75, 3.05) is 0 Å². The molecule has 2 aromatic carbocycles. The van der Waals surface area contributed by atoms with Gasteiger partial charge in [0.25, 0.3) is 5.69 Å². The molecule has 0 aliphatic rings. The molecular weight excluding hydrogens is 316 g/mol. The van der Waals surface area contributed by atoms with E-state index in [4.69, 9.17) is 0 Å². The quantitative estimate of drug-likeness (QED) is 0.401. The Morgan fingerprint density at radius 1 is 1.08 bits per heavy atom. The van der Waals surface area contributed by atoms with E-state index in [-0.39, 0.29) is 11.5 Å². The molecule has 0 saturated carbocycles. The van der Waals surface area contributed by atoms with Gasteiger partial charge in [0.05, 0.1) is 10.6 Å². The van der Waals surface area contributed by atoms with Crippen LogP contribution in [0, 0.1) is 17.0 Å². The summed E-state index contributed by atoms with van der Waals surface area (Å²) in [4.78, 5) is 23.1. The summed E-state index contributed by atoms with van der Waals surface area (Å²) in [7, 11) is 1.88. The Balaban J connectivity index is 1.89. The third-order valence-corrected chi connectivity index (χ3v) is 4.31. The summed E-state index contributed by atoms with van der Waals surface area (Å²) < 4.78 is 1.91. The molecule has 0 spiro atoms. The summed E-state index contributed by atoms with van der Waals surface area (Å²) in [6, 6.07) is 17.7. The van der Waals surface area contributed by atoms with E-state index >= 15 is 0 Å². The van der Waals surface area contributed by atoms with E-state index in [2.05, 4.69) is 0 Å². The number of nitrogens with zero attached hydrogens (tertiary/aromatic N) is 2. The third-order valence-electron chi connectivity index (χ3n) is 4.31. The molecule has 1 heterocycles. The van der Waals surface area contributed by atoms with E-state index in [1.54, 1.807) is 12.1 Å². The SMILES string of the molecule is Cc1cc(Cc2ccc([N+](=O)[O-])cc2)n(C)c1C(=O)c1ccccc1. The van der Waals surface area contributed by atoms with Crippen LogP contribution in [-0.2, 0) is 13.5 Å². The van der Waals surface area contributed by atoms with Gasteiger partial charge in [0.2, 0.25) is 5.78 Å². The van der Waals surface area contributed by atoms with Gasteiger partial charge in [-0.05, 0) is 24.1 Å². The van der Waals surface area contributed by atoms with Crippen molar-refractivity contribution >= 4 is 11.5 Å². The van der Waals surface area contributed by atoms with Crippen LogP contribution in [0.3, 0.4) is 0 Å². The second kappa shape index (κ2) is 6.73. The van der Waals surface area contributed by atoms with E-state index < -0.39 is 4.92 Å². The lowest BCUT2D eigenvalue weighted by Gasteiger charge is -2.08. The van der Waals surface area contributed by atoms with Gasteiger partial charge < -0.3 is 4.57 Å². The lowest BCUT2D eigenvalue weighted by molar-refractivity contribution is -0.384. The predicted molar refractivity (Wildman–Crippen MR) is 95.9 cm³/mol. The van der Waals surface area contributed by atoms with Gasteiger partial charge in [-0.2, -0.15) is 0 Å². The average Bonchev–Trinajstić information content (AvgIpc) is 2.89. The molecular formula is C20H18N2O3. The maximum absolute atomic E-state index is 12.8. The van der Waals surface area contributed by atoms with Gasteiger partial charge in [0.1, 0.15) is 0 Å². The minimum absolute atomic E-state index is 0.00412. The van der Waals surface area contributed by atoms with Crippen LogP contribution in [0.15, 0.2) is 60.7 Å². The molecule has 5 nitrogen and oxygen atoms in total. The highest BCUT2D eigenvalue weighted by molar-refractivity contribution is 6.09. The first-order valence-electron chi connectivity index (χ1n) is 7.95. The fourth-order valence-electron chi connectivity index (χ4n) is 3.00. The number of nitro benzene ring substituents is 1. The maximum atomic E-state index is 12.8. The number of aromatic nitrogens is 1. The molecule has 0 aliphatic carbocycles. The second-order valence-electron chi connectivity index (χ2n) is 6.02. The standard InChI is InChI=1S/C20H18N2O3/c1-14-12-18(13-15-8-10-17(11-9-15)22(24)25)21(2)19(14)20(23)16-6-4-3-5-7-16/h3-12H,13H2,1-2H3. The fourth-order valence-corrected chi connectivity index (χ4v) is 3.00. The van der Waals surface area contributed by atoms with Gasteiger partial charge in [-0.3, -0.25) is 14.9 Å². The highest BCUT2D eigenvalue weighted by Crippen LogP contribution is 2.21. The van der Waals surface area contributed by atoms with Gasteiger partial charge in [0.15, 0.2) is 0 Å². The van der Waals surface area contributed by atoms with Crippen molar-refractivity contribution in [2.24, 2.45) is 7.05 Å². The van der Waals surface area contributed by atoms with Gasteiger partial charge in [-0.15, -0.1) is 0 Å². The van der Waals surface area contributed by atoms with Crippen molar-refractivity contribution in [3.05, 3.63) is 98.9 Å². The van der Waals surface area contributed by atoms with Crippen molar-refractivity contribution in [2.45, 2.75) is 13.3 Å². The van der Waals surface area contributed by atoms with Crippen LogP contribution in [0.5, 0.6) is 0 Å². The zero-order valence-electron chi connectivity index (χ0n) is 14.1. The Bertz CT molecular complexity index is 926. The molecule has 0 unspecified atom stereocenters. The normalized spacial score (nSPS) is 10.6. The van der Waals surface area contributed by atoms with Crippen LogP contribution >= 0.6 is 0 Å². The topological polar surface area (TPSA) is 65.1 Å². The first-order chi connectivity index (χ1) is 12.0. The number of nitro groups is 1. The molecule has 0 saturated heterocycles. The summed E-state index contributed by atoms with van der Waals surface area (Å²) in [6.45, 7) is 1.93. The van der Waals surface area contributed by atoms with Crippen LogP contribution in [0.2, 0.25) is 0 Å². The maximum Gasteiger partial charge on any atom is 0.269 e. The summed E-state index contributed by atoms with van der Waals surface area (Å²) in [5, 5.41) is 10.7. The highest BCUT2D eigenvalue weighted by Gasteiger charge is 2.18. The number of carbonyl (C=O) groups is 1. The van der Waals surface area contributed by atoms with Crippen molar-refractivity contribution < 1.29 is 9.72 Å². The molecule has 0 radical (unpaired) electrons. The number of hydrogen-bond acceptors (Lipinski definition) is 3. The fraction of sp³-hybridized carbons (Fsp3) is 0.150. The van der Waals surface area contributed by atoms with E-state index in [1.807, 2.05) is 54.9 Å². The molecule has 3 rings (SSSR count). The zero-order chi connectivity index (χ0) is 18.0. The highest BCUT2D eigenvalue weighted by atomic mass is 16.6. The first-order valence-corrected chi connectivity index (χ1v) is 7.95. The number of carbonyl (C=O) groups excluding carboxylic acids is 1. The molecule has 0 fully saturated rings. The van der Waals surface area contributed by atoms with Gasteiger partial charge >= 0.3 is 0 Å². The lowest BCUT2D eigenvalue weighted by Crippen LogP contribution is -2.10. The summed E-state index contributed by atoms with van der Waals surface area (Å²) in [5.41, 5.74) is 4.28. The van der Waals surface area contributed by atoms with Gasteiger partial charge in [-0.25, -0.2) is 0 Å². The molecule has 5 heteroatoms. The number of rotatable bonds is 5. The van der Waals surface area contributed by atoms with E-state index in [1.165, 1.54) is 12.1 Å². The molecule has 0 aliphatic heterocycles. The molecule has 126 valence electrons. The number of benzene rings is 2. The van der Waals surface area contributed by atoms with Gasteiger partial charge in [0, 0.05) is 36.9 Å². The molecule has 1 aromatic heterocycles. The Morgan fingerprint density at radius 3 is 2.32 bits per heavy atom. The third kappa shape index (κ3) is 3.35. The minimum Gasteiger partial charge on any atom is -0.344 e. The predicted octanol–water partition coefficient (Wildman–Crippen LogP) is 4.06. The summed E-state index contributed by atoms with van der Waals surface area (Å²) >= 11 is 0. The van der Waals surface area contributed by atoms with Crippen molar-refractivity contribution in [3.63, 3.8) is 0 Å². The van der Waals surface area contributed by atoms with E-state index in [9.17, 15) is 14.9 Å². The van der Waals surface area contributed by atoms with Crippen LogP contribution in [-0.4, -0.2) is 15.3 Å². The molecule has 3 aromatic rings. The van der Waals surface area contributed by atoms with Crippen LogP contribution in [0.1, 0.15) is 32.9 Å². The number of hydrogen-bond donors (Lipinski definition) is 0. The molecule has 0 amide bonds. The van der Waals surface area contributed by atoms with E-state index in [0.717, 1.165) is 16.8 Å². The van der Waals surface area contributed by atoms with Crippen molar-refractivity contribution in [1.82, 2.24) is 4.57 Å². The first kappa shape index (κ1) is 16.6. The molecule has 0 atom stereocenters. The Kier molecular flexibility index (Phi) is 4.48. The molecule has 0 N–H and O–H groups in total. The molecule has 25 heavy (non-hydrogen) atoms. The number of non-ortho nitro benzene ring substituents is 1. The monoisotopic (exact) mass is 334 g/mol. The smallest absolute Gasteiger partial charge is 0.269 e. The largest absolute Gasteiger partial charge is 0.344 e. The Morgan fingerprint density at radius 2 is 1.72 bits per heavy atom. The Hall–Kier alpha value is -3.21. The van der Waals surface area contributed by atoms with Gasteiger partial charge in [-0.1, -0.05) is 42.5 Å². The van der Waals surface area contributed by atoms with Crippen molar-refractivity contribution in [3.8, 4) is 0 Å². The number of ketones is 1. The summed E-state index contributed by atoms with van der Waals surface area (Å²) in [6.07, 6.45) is 0.609. The lowest BCUT2D eigenvalue weighted by atomic mass is 10.1. The average molecular weight is 334 g/mol. The van der Waals surface area contributed by atoms with Crippen molar-refractivity contribution in [1.29, 1.82) is 0 Å². The minimum atomic E-state index is -0.410. The van der Waals surface area contributed by atoms with E-state index in [0.29, 0.717) is 17.7 Å². The van der Waals surface area contributed by atoms with Crippen LogP contribution in [0.4, 0.5) is 5.69 Å². The Labute approximate surface area is 145 Å². The molecule has 0 bridgehead atoms. The van der Waals surface area contributed by atoms with Crippen LogP contribution < -0.4 is 0 Å². The second-order valence-corrected chi connectivity index (χ2v) is 6.02. The number of aryl methyl sites for hydroxylation is 1. The van der Waals surface area contributed by atoms with Crippen LogP contribution in [0.25, 0.3) is 0 Å². The zero-order valence-corrected chi connectivity index (χ0v) is 14.1. The summed E-state index contributed by atoms with van der Waals surface area (Å²) in [5.74, 6) is -0.00412.